The number of aromatic amines is 1. The lowest BCUT2D eigenvalue weighted by molar-refractivity contribution is 0.112. The number of aldehydes is 1. The van der Waals surface area contributed by atoms with Crippen LogP contribution in [0.2, 0.25) is 0 Å². The molecule has 0 aliphatic heterocycles. The summed E-state index contributed by atoms with van der Waals surface area (Å²) in [6.07, 6.45) is 2.20. The molecule has 0 atom stereocenters. The Bertz CT molecular complexity index is 642. The van der Waals surface area contributed by atoms with E-state index in [2.05, 4.69) is 9.17 Å². The summed E-state index contributed by atoms with van der Waals surface area (Å²) < 4.78 is 27.7. The Balaban J connectivity index is 2.86. The number of carbonyl (C=O) groups excluding carboxylic acids is 1. The van der Waals surface area contributed by atoms with E-state index < -0.39 is 10.1 Å². The van der Waals surface area contributed by atoms with Gasteiger partial charge >= 0.3 is 0 Å². The molecule has 2 aromatic rings. The lowest BCUT2D eigenvalue weighted by atomic mass is 10.2. The first-order valence-corrected chi connectivity index (χ1v) is 5.86. The number of nitrogens with one attached hydrogen (secondary N) is 1. The lowest BCUT2D eigenvalue weighted by Gasteiger charge is -2.04. The Hall–Kier alpha value is -1.66. The molecule has 0 saturated heterocycles. The van der Waals surface area contributed by atoms with Crippen LogP contribution in [0.1, 0.15) is 10.4 Å². The molecule has 5 nitrogen and oxygen atoms in total. The van der Waals surface area contributed by atoms with Gasteiger partial charge in [0.1, 0.15) is 11.2 Å². The van der Waals surface area contributed by atoms with E-state index in [1.54, 1.807) is 18.3 Å². The highest BCUT2D eigenvalue weighted by atomic mass is 32.2. The summed E-state index contributed by atoms with van der Waals surface area (Å²) in [7, 11) is -2.72. The number of H-pyrrole nitrogens is 1. The molecule has 1 heterocycles. The summed E-state index contributed by atoms with van der Waals surface area (Å²) in [6, 6.07) is 4.49. The second kappa shape index (κ2) is 3.73. The average Bonchev–Trinajstić information content (AvgIpc) is 2.75. The number of carbonyl (C=O) groups is 1. The molecule has 0 amide bonds. The van der Waals surface area contributed by atoms with E-state index in [0.29, 0.717) is 17.2 Å². The minimum absolute atomic E-state index is 0.00384. The van der Waals surface area contributed by atoms with E-state index in [-0.39, 0.29) is 10.5 Å². The Morgan fingerprint density at radius 2 is 2.12 bits per heavy atom. The fourth-order valence-electron chi connectivity index (χ4n) is 1.52. The molecule has 84 valence electrons. The predicted molar refractivity (Wildman–Crippen MR) is 57.9 cm³/mol. The van der Waals surface area contributed by atoms with Crippen molar-refractivity contribution in [3.63, 3.8) is 0 Å². The van der Waals surface area contributed by atoms with Crippen LogP contribution < -0.4 is 0 Å². The van der Waals surface area contributed by atoms with Gasteiger partial charge in [-0.15, -0.1) is 0 Å². The van der Waals surface area contributed by atoms with Crippen LogP contribution in [-0.4, -0.2) is 26.8 Å². The van der Waals surface area contributed by atoms with E-state index >= 15 is 0 Å². The zero-order valence-electron chi connectivity index (χ0n) is 8.43. The van der Waals surface area contributed by atoms with Crippen LogP contribution in [0.15, 0.2) is 29.3 Å². The normalized spacial score (nSPS) is 11.8. The molecule has 0 saturated carbocycles. The minimum Gasteiger partial charge on any atom is -0.361 e. The standard InChI is InChI=1S/C10H9NO4S/c1-15-16(13,14)10-5-7(6-12)4-9-8(10)2-3-11-9/h2-6,11H,1H3. The van der Waals surface area contributed by atoms with E-state index in [4.69, 9.17) is 0 Å². The zero-order valence-corrected chi connectivity index (χ0v) is 9.24. The predicted octanol–water partition coefficient (Wildman–Crippen LogP) is 1.32. The Labute approximate surface area is 92.2 Å². The third kappa shape index (κ3) is 1.62. The van der Waals surface area contributed by atoms with E-state index in [9.17, 15) is 13.2 Å². The molecule has 0 bridgehead atoms. The zero-order chi connectivity index (χ0) is 11.8. The van der Waals surface area contributed by atoms with Crippen LogP contribution in [-0.2, 0) is 14.3 Å². The van der Waals surface area contributed by atoms with Crippen LogP contribution in [0, 0.1) is 0 Å². The maximum atomic E-state index is 11.6. The molecule has 1 aromatic heterocycles. The van der Waals surface area contributed by atoms with Crippen LogP contribution >= 0.6 is 0 Å². The first-order chi connectivity index (χ1) is 7.58. The van der Waals surface area contributed by atoms with Crippen molar-refractivity contribution in [3.8, 4) is 0 Å². The van der Waals surface area contributed by atoms with Crippen molar-refractivity contribution in [1.82, 2.24) is 4.98 Å². The smallest absolute Gasteiger partial charge is 0.297 e. The van der Waals surface area contributed by atoms with Gasteiger partial charge in [0.05, 0.1) is 7.11 Å². The van der Waals surface area contributed by atoms with Crippen molar-refractivity contribution in [2.75, 3.05) is 7.11 Å². The SMILES string of the molecule is COS(=O)(=O)c1cc(C=O)cc2[nH]ccc12. The van der Waals surface area contributed by atoms with E-state index in [0.717, 1.165) is 7.11 Å². The highest BCUT2D eigenvalue weighted by molar-refractivity contribution is 7.87. The molecule has 0 radical (unpaired) electrons. The summed E-state index contributed by atoms with van der Waals surface area (Å²) >= 11 is 0. The van der Waals surface area contributed by atoms with Gasteiger partial charge in [0.2, 0.25) is 0 Å². The Morgan fingerprint density at radius 1 is 1.38 bits per heavy atom. The van der Waals surface area contributed by atoms with Crippen molar-refractivity contribution in [3.05, 3.63) is 30.0 Å². The van der Waals surface area contributed by atoms with Crippen LogP contribution in [0.3, 0.4) is 0 Å². The van der Waals surface area contributed by atoms with Gasteiger partial charge in [-0.3, -0.25) is 8.98 Å². The molecule has 0 aliphatic carbocycles. The Kier molecular flexibility index (Phi) is 2.53. The molecule has 1 aromatic carbocycles. The van der Waals surface area contributed by atoms with Gasteiger partial charge in [-0.1, -0.05) is 0 Å². The minimum atomic E-state index is -3.81. The third-order valence-corrected chi connectivity index (χ3v) is 3.59. The van der Waals surface area contributed by atoms with Crippen LogP contribution in [0.25, 0.3) is 10.9 Å². The monoisotopic (exact) mass is 239 g/mol. The number of benzene rings is 1. The molecule has 0 unspecified atom stereocenters. The fourth-order valence-corrected chi connectivity index (χ4v) is 2.43. The summed E-state index contributed by atoms with van der Waals surface area (Å²) in [4.78, 5) is 13.5. The average molecular weight is 239 g/mol. The van der Waals surface area contributed by atoms with Gasteiger partial charge in [0, 0.05) is 22.7 Å². The van der Waals surface area contributed by atoms with Gasteiger partial charge in [-0.25, -0.2) is 0 Å². The van der Waals surface area contributed by atoms with Gasteiger partial charge in [-0.2, -0.15) is 8.42 Å². The fraction of sp³-hybridized carbons (Fsp3) is 0.100. The molecule has 16 heavy (non-hydrogen) atoms. The van der Waals surface area contributed by atoms with Crippen LogP contribution in [0.5, 0.6) is 0 Å². The largest absolute Gasteiger partial charge is 0.361 e. The van der Waals surface area contributed by atoms with Gasteiger partial charge in [0.25, 0.3) is 10.1 Å². The quantitative estimate of drug-likeness (QED) is 0.647. The highest BCUT2D eigenvalue weighted by Gasteiger charge is 2.18. The maximum Gasteiger partial charge on any atom is 0.297 e. The number of rotatable bonds is 3. The van der Waals surface area contributed by atoms with Crippen molar-refractivity contribution >= 4 is 27.3 Å². The molecule has 0 spiro atoms. The molecular formula is C10H9NO4S. The lowest BCUT2D eigenvalue weighted by Crippen LogP contribution is -2.04. The summed E-state index contributed by atoms with van der Waals surface area (Å²) in [5.41, 5.74) is 0.866. The van der Waals surface area contributed by atoms with Crippen molar-refractivity contribution in [2.24, 2.45) is 0 Å². The second-order valence-electron chi connectivity index (χ2n) is 3.20. The number of hydrogen-bond donors (Lipinski definition) is 1. The molecule has 6 heteroatoms. The first kappa shape index (κ1) is 10.8. The number of hydrogen-bond acceptors (Lipinski definition) is 4. The highest BCUT2D eigenvalue weighted by Crippen LogP contribution is 2.24. The van der Waals surface area contributed by atoms with Gasteiger partial charge in [0.15, 0.2) is 0 Å². The van der Waals surface area contributed by atoms with E-state index in [1.807, 2.05) is 0 Å². The molecular weight excluding hydrogens is 230 g/mol. The number of fused-ring (bicyclic) bond motifs is 1. The summed E-state index contributed by atoms with van der Waals surface area (Å²) in [5.74, 6) is 0. The first-order valence-electron chi connectivity index (χ1n) is 4.45. The molecule has 2 rings (SSSR count). The molecule has 0 aliphatic rings. The summed E-state index contributed by atoms with van der Waals surface area (Å²) in [5, 5.41) is 0.507. The molecule has 0 fully saturated rings. The van der Waals surface area contributed by atoms with Crippen LogP contribution in [0.4, 0.5) is 0 Å². The maximum absolute atomic E-state index is 11.6. The topological polar surface area (TPSA) is 76.2 Å². The van der Waals surface area contributed by atoms with Crippen molar-refractivity contribution in [2.45, 2.75) is 4.90 Å². The van der Waals surface area contributed by atoms with Crippen molar-refractivity contribution in [1.29, 1.82) is 0 Å². The van der Waals surface area contributed by atoms with Gasteiger partial charge in [-0.05, 0) is 18.2 Å². The third-order valence-electron chi connectivity index (χ3n) is 2.28. The van der Waals surface area contributed by atoms with Gasteiger partial charge < -0.3 is 4.98 Å². The van der Waals surface area contributed by atoms with E-state index in [1.165, 1.54) is 6.07 Å². The number of aromatic nitrogens is 1. The second-order valence-corrected chi connectivity index (χ2v) is 4.88. The van der Waals surface area contributed by atoms with Crippen molar-refractivity contribution < 1.29 is 17.4 Å². The summed E-state index contributed by atoms with van der Waals surface area (Å²) in [6.45, 7) is 0. The Morgan fingerprint density at radius 3 is 2.75 bits per heavy atom. The molecule has 1 N–H and O–H groups in total.